The van der Waals surface area contributed by atoms with Gasteiger partial charge in [0, 0.05) is 22.5 Å². The summed E-state index contributed by atoms with van der Waals surface area (Å²) in [4.78, 5) is 4.87. The van der Waals surface area contributed by atoms with Gasteiger partial charge in [-0.2, -0.15) is 0 Å². The molecule has 1 saturated carbocycles. The maximum absolute atomic E-state index is 14.1. The van der Waals surface area contributed by atoms with E-state index in [0.717, 1.165) is 41.1 Å². The zero-order valence-electron chi connectivity index (χ0n) is 13.6. The van der Waals surface area contributed by atoms with E-state index in [2.05, 4.69) is 12.1 Å². The van der Waals surface area contributed by atoms with E-state index in [4.69, 9.17) is 21.3 Å². The van der Waals surface area contributed by atoms with Gasteiger partial charge in [0.05, 0.1) is 12.8 Å². The van der Waals surface area contributed by atoms with Gasteiger partial charge in [-0.15, -0.1) is 0 Å². The highest BCUT2D eigenvalue weighted by molar-refractivity contribution is 6.30. The summed E-state index contributed by atoms with van der Waals surface area (Å²) in [5, 5.41) is 0.739. The highest BCUT2D eigenvalue weighted by Gasteiger charge is 2.45. The summed E-state index contributed by atoms with van der Waals surface area (Å²) in [6, 6.07) is 11.5. The minimum absolute atomic E-state index is 0.0808. The second-order valence-electron chi connectivity index (χ2n) is 6.57. The molecule has 1 heterocycles. The molecule has 0 amide bonds. The van der Waals surface area contributed by atoms with E-state index in [1.54, 1.807) is 6.07 Å². The van der Waals surface area contributed by atoms with Crippen molar-refractivity contribution >= 4 is 17.3 Å². The Kier molecular flexibility index (Phi) is 3.84. The molecule has 0 bridgehead atoms. The molecule has 1 aliphatic carbocycles. The van der Waals surface area contributed by atoms with Crippen molar-refractivity contribution in [1.82, 2.24) is 0 Å². The monoisotopic (exact) mass is 343 g/mol. The predicted molar refractivity (Wildman–Crippen MR) is 95.0 cm³/mol. The van der Waals surface area contributed by atoms with Crippen molar-refractivity contribution in [2.75, 3.05) is 13.7 Å². The molecule has 2 aromatic rings. The van der Waals surface area contributed by atoms with Gasteiger partial charge < -0.3 is 4.74 Å². The van der Waals surface area contributed by atoms with Gasteiger partial charge in [0.2, 0.25) is 0 Å². The zero-order chi connectivity index (χ0) is 16.7. The molecule has 0 atom stereocenters. The normalized spacial score (nSPS) is 18.4. The molecule has 1 fully saturated rings. The number of rotatable bonds is 3. The van der Waals surface area contributed by atoms with Gasteiger partial charge in [-0.05, 0) is 54.7 Å². The minimum Gasteiger partial charge on any atom is -0.494 e. The van der Waals surface area contributed by atoms with Crippen LogP contribution in [-0.4, -0.2) is 19.4 Å². The Morgan fingerprint density at radius 3 is 2.54 bits per heavy atom. The number of hydrogen-bond donors (Lipinski definition) is 0. The van der Waals surface area contributed by atoms with Crippen LogP contribution in [0.3, 0.4) is 0 Å². The zero-order valence-corrected chi connectivity index (χ0v) is 14.4. The molecule has 0 saturated heterocycles. The van der Waals surface area contributed by atoms with Crippen LogP contribution in [0.4, 0.5) is 4.39 Å². The lowest BCUT2D eigenvalue weighted by Crippen LogP contribution is -2.44. The molecule has 0 spiro atoms. The van der Waals surface area contributed by atoms with Crippen LogP contribution >= 0.6 is 11.6 Å². The SMILES string of the molecule is COc1cc2c(cc1F)CCN=C2C1(c2ccc(Cl)cc2)CCC1. The lowest BCUT2D eigenvalue weighted by Gasteiger charge is -2.45. The molecule has 0 unspecified atom stereocenters. The van der Waals surface area contributed by atoms with E-state index in [-0.39, 0.29) is 17.0 Å². The van der Waals surface area contributed by atoms with E-state index in [9.17, 15) is 4.39 Å². The molecule has 2 nitrogen and oxygen atoms in total. The summed E-state index contributed by atoms with van der Waals surface area (Å²) in [6.45, 7) is 0.712. The molecule has 0 aromatic heterocycles. The quantitative estimate of drug-likeness (QED) is 0.772. The van der Waals surface area contributed by atoms with Gasteiger partial charge in [0.15, 0.2) is 11.6 Å². The molecule has 4 heteroatoms. The number of halogens is 2. The van der Waals surface area contributed by atoms with Crippen LogP contribution in [-0.2, 0) is 11.8 Å². The molecule has 1 aliphatic heterocycles. The van der Waals surface area contributed by atoms with Crippen molar-refractivity contribution in [2.24, 2.45) is 4.99 Å². The molecule has 0 radical (unpaired) electrons. The first kappa shape index (κ1) is 15.6. The fourth-order valence-corrected chi connectivity index (χ4v) is 4.05. The number of hydrogen-bond acceptors (Lipinski definition) is 2. The van der Waals surface area contributed by atoms with Crippen molar-refractivity contribution in [3.63, 3.8) is 0 Å². The third kappa shape index (κ3) is 2.34. The molecule has 2 aromatic carbocycles. The Bertz CT molecular complexity index is 809. The van der Waals surface area contributed by atoms with Crippen molar-refractivity contribution in [1.29, 1.82) is 0 Å². The number of benzene rings is 2. The van der Waals surface area contributed by atoms with Crippen LogP contribution in [0.25, 0.3) is 0 Å². The molecule has 124 valence electrons. The molecule has 24 heavy (non-hydrogen) atoms. The maximum Gasteiger partial charge on any atom is 0.165 e. The second-order valence-corrected chi connectivity index (χ2v) is 7.00. The average molecular weight is 344 g/mol. The Labute approximate surface area is 146 Å². The van der Waals surface area contributed by atoms with E-state index in [1.165, 1.54) is 19.1 Å². The summed E-state index contributed by atoms with van der Waals surface area (Å²) in [5.74, 6) is -0.0134. The van der Waals surface area contributed by atoms with Crippen molar-refractivity contribution < 1.29 is 9.13 Å². The predicted octanol–water partition coefficient (Wildman–Crippen LogP) is 4.95. The van der Waals surface area contributed by atoms with Crippen LogP contribution in [0.5, 0.6) is 5.75 Å². The number of nitrogens with zero attached hydrogens (tertiary/aromatic N) is 1. The molecule has 4 rings (SSSR count). The van der Waals surface area contributed by atoms with Gasteiger partial charge in [0.1, 0.15) is 0 Å². The van der Waals surface area contributed by atoms with Gasteiger partial charge >= 0.3 is 0 Å². The topological polar surface area (TPSA) is 21.6 Å². The Morgan fingerprint density at radius 1 is 1.17 bits per heavy atom. The maximum atomic E-state index is 14.1. The minimum atomic E-state index is -0.299. The first-order valence-electron chi connectivity index (χ1n) is 8.32. The van der Waals surface area contributed by atoms with E-state index in [1.807, 2.05) is 18.2 Å². The third-order valence-electron chi connectivity index (χ3n) is 5.34. The summed E-state index contributed by atoms with van der Waals surface area (Å²) in [6.07, 6.45) is 4.07. The van der Waals surface area contributed by atoms with E-state index < -0.39 is 0 Å². The number of aliphatic imine (C=N–C) groups is 1. The van der Waals surface area contributed by atoms with E-state index >= 15 is 0 Å². The molecular formula is C20H19ClFNO. The summed E-state index contributed by atoms with van der Waals surface area (Å²) < 4.78 is 19.3. The Balaban J connectivity index is 1.84. The largest absolute Gasteiger partial charge is 0.494 e. The second kappa shape index (κ2) is 5.89. The number of ether oxygens (including phenoxy) is 1. The molecular weight excluding hydrogens is 325 g/mol. The lowest BCUT2D eigenvalue weighted by molar-refractivity contribution is 0.339. The van der Waals surface area contributed by atoms with Crippen molar-refractivity contribution in [2.45, 2.75) is 31.1 Å². The van der Waals surface area contributed by atoms with Gasteiger partial charge in [-0.3, -0.25) is 4.99 Å². The first-order chi connectivity index (χ1) is 11.6. The van der Waals surface area contributed by atoms with Crippen LogP contribution in [0.2, 0.25) is 5.02 Å². The highest BCUT2D eigenvalue weighted by atomic mass is 35.5. The first-order valence-corrected chi connectivity index (χ1v) is 8.69. The van der Waals surface area contributed by atoms with E-state index in [0.29, 0.717) is 6.54 Å². The fraction of sp³-hybridized carbons (Fsp3) is 0.350. The molecule has 0 N–H and O–H groups in total. The van der Waals surface area contributed by atoms with Gasteiger partial charge in [-0.25, -0.2) is 4.39 Å². The lowest BCUT2D eigenvalue weighted by atomic mass is 9.59. The average Bonchev–Trinajstić information content (AvgIpc) is 2.55. The summed E-state index contributed by atoms with van der Waals surface area (Å²) in [5.41, 5.74) is 4.30. The smallest absolute Gasteiger partial charge is 0.165 e. The highest BCUT2D eigenvalue weighted by Crippen LogP contribution is 2.48. The van der Waals surface area contributed by atoms with Crippen molar-refractivity contribution in [3.8, 4) is 5.75 Å². The van der Waals surface area contributed by atoms with Crippen LogP contribution in [0, 0.1) is 5.82 Å². The van der Waals surface area contributed by atoms with Crippen LogP contribution in [0.1, 0.15) is 36.0 Å². The summed E-state index contributed by atoms with van der Waals surface area (Å²) >= 11 is 6.06. The van der Waals surface area contributed by atoms with Gasteiger partial charge in [0.25, 0.3) is 0 Å². The Hall–Kier alpha value is -1.87. The number of fused-ring (bicyclic) bond motifs is 1. The standard InChI is InChI=1S/C20H19ClFNO/c1-24-18-12-16-13(11-17(18)22)7-10-23-19(16)20(8-2-9-20)14-3-5-15(21)6-4-14/h3-6,11-12H,2,7-10H2,1H3. The summed E-state index contributed by atoms with van der Waals surface area (Å²) in [7, 11) is 1.50. The van der Waals surface area contributed by atoms with Crippen molar-refractivity contribution in [3.05, 3.63) is 63.9 Å². The fourth-order valence-electron chi connectivity index (χ4n) is 3.92. The van der Waals surface area contributed by atoms with Crippen LogP contribution < -0.4 is 4.74 Å². The van der Waals surface area contributed by atoms with Gasteiger partial charge in [-0.1, -0.05) is 30.2 Å². The van der Waals surface area contributed by atoms with Crippen LogP contribution in [0.15, 0.2) is 41.4 Å². The number of methoxy groups -OCH3 is 1. The third-order valence-corrected chi connectivity index (χ3v) is 5.59. The molecule has 2 aliphatic rings. The Morgan fingerprint density at radius 2 is 1.92 bits per heavy atom.